The van der Waals surface area contributed by atoms with E-state index in [4.69, 9.17) is 9.26 Å². The highest BCUT2D eigenvalue weighted by Crippen LogP contribution is 2.23. The molecule has 0 saturated carbocycles. The van der Waals surface area contributed by atoms with Crippen LogP contribution in [0.2, 0.25) is 0 Å². The first kappa shape index (κ1) is 18.4. The van der Waals surface area contributed by atoms with Crippen LogP contribution in [0.25, 0.3) is 11.5 Å². The second-order valence-electron chi connectivity index (χ2n) is 5.99. The molecule has 1 N–H and O–H groups in total. The van der Waals surface area contributed by atoms with Gasteiger partial charge in [-0.25, -0.2) is 4.39 Å². The summed E-state index contributed by atoms with van der Waals surface area (Å²) >= 11 is 0. The van der Waals surface area contributed by atoms with Crippen LogP contribution in [-0.4, -0.2) is 23.2 Å². The smallest absolute Gasteiger partial charge is 0.258 e. The van der Waals surface area contributed by atoms with Gasteiger partial charge in [0.05, 0.1) is 0 Å². The predicted octanol–water partition coefficient (Wildman–Crippen LogP) is 3.56. The van der Waals surface area contributed by atoms with Gasteiger partial charge in [-0.2, -0.15) is 4.98 Å². The van der Waals surface area contributed by atoms with Crippen molar-refractivity contribution in [3.05, 3.63) is 65.2 Å². The van der Waals surface area contributed by atoms with Crippen LogP contribution in [0, 0.1) is 5.82 Å². The Balaban J connectivity index is 0.00000196. The van der Waals surface area contributed by atoms with Crippen LogP contribution in [0.4, 0.5) is 4.39 Å². The molecule has 2 aromatic carbocycles. The molecule has 7 heteroatoms. The summed E-state index contributed by atoms with van der Waals surface area (Å²) in [6, 6.07) is 12.1. The van der Waals surface area contributed by atoms with E-state index in [1.54, 1.807) is 12.1 Å². The van der Waals surface area contributed by atoms with Gasteiger partial charge in [0.25, 0.3) is 5.89 Å². The van der Waals surface area contributed by atoms with Crippen molar-refractivity contribution in [1.29, 1.82) is 0 Å². The third-order valence-electron chi connectivity index (χ3n) is 4.25. The number of halogens is 2. The maximum absolute atomic E-state index is 12.9. The van der Waals surface area contributed by atoms with Crippen molar-refractivity contribution in [2.45, 2.75) is 19.4 Å². The standard InChI is InChI=1S/C19H18FN3O2.ClH/c20-16-3-5-17(6-4-16)24-12-18-22-19(25-23-18)15-2-1-13-7-9-21-10-8-14(13)11-15;/h1-6,11,21H,7-10,12H2;1H. The Bertz CT molecular complexity index is 867. The predicted molar refractivity (Wildman–Crippen MR) is 98.0 cm³/mol. The molecule has 0 amide bonds. The zero-order chi connectivity index (χ0) is 17.1. The Labute approximate surface area is 157 Å². The number of rotatable bonds is 4. The van der Waals surface area contributed by atoms with Gasteiger partial charge in [-0.15, -0.1) is 12.4 Å². The number of hydrogen-bond donors (Lipinski definition) is 1. The van der Waals surface area contributed by atoms with Crippen LogP contribution in [0.5, 0.6) is 5.75 Å². The van der Waals surface area contributed by atoms with Gasteiger partial charge in [-0.3, -0.25) is 0 Å². The molecule has 0 spiro atoms. The van der Waals surface area contributed by atoms with Gasteiger partial charge in [0, 0.05) is 5.56 Å². The molecule has 26 heavy (non-hydrogen) atoms. The summed E-state index contributed by atoms with van der Waals surface area (Å²) in [6.07, 6.45) is 2.04. The summed E-state index contributed by atoms with van der Waals surface area (Å²) in [4.78, 5) is 4.39. The molecule has 0 unspecified atom stereocenters. The maximum atomic E-state index is 12.9. The van der Waals surface area contributed by atoms with Crippen molar-refractivity contribution in [2.75, 3.05) is 13.1 Å². The zero-order valence-corrected chi connectivity index (χ0v) is 14.9. The fraction of sp³-hybridized carbons (Fsp3) is 0.263. The molecule has 0 aliphatic carbocycles. The Kier molecular flexibility index (Phi) is 5.85. The third-order valence-corrected chi connectivity index (χ3v) is 4.25. The minimum atomic E-state index is -0.299. The summed E-state index contributed by atoms with van der Waals surface area (Å²) in [5, 5.41) is 7.36. The second-order valence-corrected chi connectivity index (χ2v) is 5.99. The molecule has 0 radical (unpaired) electrons. The van der Waals surface area contributed by atoms with Crippen molar-refractivity contribution in [3.8, 4) is 17.2 Å². The molecule has 0 bridgehead atoms. The van der Waals surface area contributed by atoms with Crippen molar-refractivity contribution >= 4 is 12.4 Å². The molecular weight excluding hydrogens is 357 g/mol. The van der Waals surface area contributed by atoms with Crippen LogP contribution in [0.1, 0.15) is 17.0 Å². The quantitative estimate of drug-likeness (QED) is 0.755. The molecular formula is C19H19ClFN3O2. The van der Waals surface area contributed by atoms with Gasteiger partial charge in [0.1, 0.15) is 11.6 Å². The molecule has 0 atom stereocenters. The van der Waals surface area contributed by atoms with Gasteiger partial charge in [-0.1, -0.05) is 11.2 Å². The highest BCUT2D eigenvalue weighted by Gasteiger charge is 2.13. The largest absolute Gasteiger partial charge is 0.485 e. The number of nitrogens with one attached hydrogen (secondary N) is 1. The van der Waals surface area contributed by atoms with Crippen LogP contribution in [0.15, 0.2) is 47.0 Å². The zero-order valence-electron chi connectivity index (χ0n) is 14.1. The van der Waals surface area contributed by atoms with E-state index in [1.807, 2.05) is 6.07 Å². The molecule has 0 fully saturated rings. The SMILES string of the molecule is Cl.Fc1ccc(OCc2noc(-c3ccc4c(c3)CCNCC4)n2)cc1. The molecule has 1 aliphatic heterocycles. The van der Waals surface area contributed by atoms with Gasteiger partial charge in [0.2, 0.25) is 5.82 Å². The maximum Gasteiger partial charge on any atom is 0.258 e. The van der Waals surface area contributed by atoms with Gasteiger partial charge < -0.3 is 14.6 Å². The molecule has 3 aromatic rings. The lowest BCUT2D eigenvalue weighted by atomic mass is 10.00. The van der Waals surface area contributed by atoms with Crippen LogP contribution >= 0.6 is 12.4 Å². The third kappa shape index (κ3) is 4.20. The Morgan fingerprint density at radius 2 is 1.81 bits per heavy atom. The number of fused-ring (bicyclic) bond motifs is 1. The lowest BCUT2D eigenvalue weighted by Crippen LogP contribution is -2.16. The normalized spacial score (nSPS) is 13.4. The minimum Gasteiger partial charge on any atom is -0.485 e. The fourth-order valence-electron chi connectivity index (χ4n) is 2.92. The molecule has 1 aliphatic rings. The molecule has 5 nitrogen and oxygen atoms in total. The lowest BCUT2D eigenvalue weighted by Gasteiger charge is -2.05. The molecule has 0 saturated heterocycles. The second kappa shape index (κ2) is 8.29. The summed E-state index contributed by atoms with van der Waals surface area (Å²) in [5.74, 6) is 1.20. The highest BCUT2D eigenvalue weighted by molar-refractivity contribution is 5.85. The van der Waals surface area contributed by atoms with Crippen molar-refractivity contribution in [1.82, 2.24) is 15.5 Å². The van der Waals surface area contributed by atoms with Crippen molar-refractivity contribution in [2.24, 2.45) is 0 Å². The van der Waals surface area contributed by atoms with E-state index in [9.17, 15) is 4.39 Å². The first-order valence-electron chi connectivity index (χ1n) is 8.32. The molecule has 4 rings (SSSR count). The van der Waals surface area contributed by atoms with E-state index in [1.165, 1.54) is 23.3 Å². The van der Waals surface area contributed by atoms with Gasteiger partial charge in [-0.05, 0) is 73.5 Å². The van der Waals surface area contributed by atoms with E-state index in [2.05, 4.69) is 27.6 Å². The summed E-state index contributed by atoms with van der Waals surface area (Å²) in [7, 11) is 0. The van der Waals surface area contributed by atoms with Gasteiger partial charge >= 0.3 is 0 Å². The lowest BCUT2D eigenvalue weighted by molar-refractivity contribution is 0.286. The fourth-order valence-corrected chi connectivity index (χ4v) is 2.92. The van der Waals surface area contributed by atoms with E-state index in [-0.39, 0.29) is 24.8 Å². The molecule has 2 heterocycles. The highest BCUT2D eigenvalue weighted by atomic mass is 35.5. The first-order chi connectivity index (χ1) is 12.3. The Hall–Kier alpha value is -2.44. The first-order valence-corrected chi connectivity index (χ1v) is 8.32. The number of benzene rings is 2. The number of aromatic nitrogens is 2. The Morgan fingerprint density at radius 3 is 2.62 bits per heavy atom. The van der Waals surface area contributed by atoms with E-state index in [0.29, 0.717) is 17.5 Å². The van der Waals surface area contributed by atoms with Crippen LogP contribution in [-0.2, 0) is 19.4 Å². The molecule has 136 valence electrons. The van der Waals surface area contributed by atoms with E-state index < -0.39 is 0 Å². The van der Waals surface area contributed by atoms with Crippen LogP contribution < -0.4 is 10.1 Å². The monoisotopic (exact) mass is 375 g/mol. The summed E-state index contributed by atoms with van der Waals surface area (Å²) < 4.78 is 23.8. The van der Waals surface area contributed by atoms with E-state index >= 15 is 0 Å². The minimum absolute atomic E-state index is 0. The molecule has 1 aromatic heterocycles. The Morgan fingerprint density at radius 1 is 1.04 bits per heavy atom. The van der Waals surface area contributed by atoms with E-state index in [0.717, 1.165) is 31.5 Å². The average molecular weight is 376 g/mol. The summed E-state index contributed by atoms with van der Waals surface area (Å²) in [6.45, 7) is 2.17. The topological polar surface area (TPSA) is 60.2 Å². The van der Waals surface area contributed by atoms with Crippen molar-refractivity contribution < 1.29 is 13.7 Å². The number of hydrogen-bond acceptors (Lipinski definition) is 5. The average Bonchev–Trinajstić information content (AvgIpc) is 2.98. The van der Waals surface area contributed by atoms with Crippen molar-refractivity contribution in [3.63, 3.8) is 0 Å². The summed E-state index contributed by atoms with van der Waals surface area (Å²) in [5.41, 5.74) is 3.61. The van der Waals surface area contributed by atoms with Gasteiger partial charge in [0.15, 0.2) is 6.61 Å². The van der Waals surface area contributed by atoms with Crippen LogP contribution in [0.3, 0.4) is 0 Å². The number of ether oxygens (including phenoxy) is 1. The number of nitrogens with zero attached hydrogens (tertiary/aromatic N) is 2.